The summed E-state index contributed by atoms with van der Waals surface area (Å²) in [4.78, 5) is 33.8. The molecule has 2 aromatic rings. The molecule has 0 aliphatic heterocycles. The molecule has 0 unspecified atom stereocenters. The Balaban J connectivity index is 2.07. The van der Waals surface area contributed by atoms with Crippen molar-refractivity contribution >= 4 is 34.6 Å². The number of hydrogen-bond acceptors (Lipinski definition) is 6. The molecule has 2 rings (SSSR count). The number of nitrogens with one attached hydrogen (secondary N) is 1. The molecule has 0 atom stereocenters. The quantitative estimate of drug-likeness (QED) is 0.477. The second-order valence-corrected chi connectivity index (χ2v) is 5.96. The summed E-state index contributed by atoms with van der Waals surface area (Å²) in [6, 6.07) is 3.37. The summed E-state index contributed by atoms with van der Waals surface area (Å²) < 4.78 is 42.7. The SMILES string of the molecule is Cc1ccsc1C(=O)OCC(=O)Nc1ccc(C(F)(F)F)cc1[N+](=O)[O-]. The highest BCUT2D eigenvalue weighted by atomic mass is 32.1. The standard InChI is InChI=1S/C15H11F3N2O5S/c1-8-4-5-26-13(8)14(22)25-7-12(21)19-10-3-2-9(15(16,17)18)6-11(10)20(23)24/h2-6H,7H2,1H3,(H,19,21). The molecule has 0 radical (unpaired) electrons. The normalized spacial score (nSPS) is 11.1. The van der Waals surface area contributed by atoms with Crippen molar-refractivity contribution in [1.82, 2.24) is 0 Å². The van der Waals surface area contributed by atoms with E-state index in [0.29, 0.717) is 22.6 Å². The maximum atomic E-state index is 12.6. The lowest BCUT2D eigenvalue weighted by atomic mass is 10.1. The van der Waals surface area contributed by atoms with Gasteiger partial charge in [0.1, 0.15) is 10.6 Å². The Hall–Kier alpha value is -2.95. The molecule has 0 aliphatic rings. The third-order valence-corrected chi connectivity index (χ3v) is 4.17. The minimum atomic E-state index is -4.76. The van der Waals surface area contributed by atoms with Crippen molar-refractivity contribution in [2.24, 2.45) is 0 Å². The van der Waals surface area contributed by atoms with E-state index < -0.39 is 46.5 Å². The molecular weight excluding hydrogens is 377 g/mol. The Morgan fingerprint density at radius 3 is 2.54 bits per heavy atom. The first-order chi connectivity index (χ1) is 12.1. The molecule has 1 heterocycles. The molecule has 1 amide bonds. The highest BCUT2D eigenvalue weighted by molar-refractivity contribution is 7.12. The molecule has 0 aliphatic carbocycles. The molecule has 0 saturated carbocycles. The van der Waals surface area contributed by atoms with Gasteiger partial charge < -0.3 is 10.1 Å². The molecule has 0 fully saturated rings. The van der Waals surface area contributed by atoms with Gasteiger partial charge in [0.25, 0.3) is 11.6 Å². The number of nitro benzene ring substituents is 1. The van der Waals surface area contributed by atoms with Crippen molar-refractivity contribution in [2.75, 3.05) is 11.9 Å². The van der Waals surface area contributed by atoms with Gasteiger partial charge in [0.05, 0.1) is 10.5 Å². The van der Waals surface area contributed by atoms with Crippen molar-refractivity contribution in [3.8, 4) is 0 Å². The second kappa shape index (κ2) is 7.52. The fourth-order valence-corrected chi connectivity index (χ4v) is 2.75. The zero-order chi connectivity index (χ0) is 19.5. The van der Waals surface area contributed by atoms with E-state index >= 15 is 0 Å². The van der Waals surface area contributed by atoms with Crippen molar-refractivity contribution in [2.45, 2.75) is 13.1 Å². The van der Waals surface area contributed by atoms with E-state index in [-0.39, 0.29) is 0 Å². The summed E-state index contributed by atoms with van der Waals surface area (Å²) in [6.45, 7) is 0.938. The number of rotatable bonds is 5. The lowest BCUT2D eigenvalue weighted by Crippen LogP contribution is -2.21. The van der Waals surface area contributed by atoms with Crippen LogP contribution in [-0.2, 0) is 15.7 Å². The average molecular weight is 388 g/mol. The van der Waals surface area contributed by atoms with E-state index in [1.165, 1.54) is 0 Å². The number of nitrogens with zero attached hydrogens (tertiary/aromatic N) is 1. The monoisotopic (exact) mass is 388 g/mol. The lowest BCUT2D eigenvalue weighted by Gasteiger charge is -2.10. The summed E-state index contributed by atoms with van der Waals surface area (Å²) in [5, 5.41) is 14.7. The Kier molecular flexibility index (Phi) is 5.60. The number of carbonyl (C=O) groups excluding carboxylic acids is 2. The van der Waals surface area contributed by atoms with Crippen LogP contribution in [-0.4, -0.2) is 23.4 Å². The van der Waals surface area contributed by atoms with Gasteiger partial charge in [-0.05, 0) is 36.1 Å². The number of nitro groups is 1. The Labute approximate surface area is 148 Å². The van der Waals surface area contributed by atoms with Gasteiger partial charge in [0.2, 0.25) is 0 Å². The van der Waals surface area contributed by atoms with Gasteiger partial charge in [-0.3, -0.25) is 14.9 Å². The van der Waals surface area contributed by atoms with Crippen LogP contribution in [0.3, 0.4) is 0 Å². The zero-order valence-corrected chi connectivity index (χ0v) is 13.9. The molecule has 0 spiro atoms. The maximum absolute atomic E-state index is 12.6. The van der Waals surface area contributed by atoms with Crippen LogP contribution < -0.4 is 5.32 Å². The lowest BCUT2D eigenvalue weighted by molar-refractivity contribution is -0.384. The van der Waals surface area contributed by atoms with Crippen LogP contribution in [0.25, 0.3) is 0 Å². The van der Waals surface area contributed by atoms with E-state index in [4.69, 9.17) is 4.74 Å². The Bertz CT molecular complexity index is 863. The van der Waals surface area contributed by atoms with E-state index in [2.05, 4.69) is 5.32 Å². The van der Waals surface area contributed by atoms with Crippen LogP contribution in [0.5, 0.6) is 0 Å². The largest absolute Gasteiger partial charge is 0.451 e. The van der Waals surface area contributed by atoms with E-state index in [9.17, 15) is 32.9 Å². The van der Waals surface area contributed by atoms with Crippen molar-refractivity contribution in [1.29, 1.82) is 0 Å². The molecule has 11 heteroatoms. The summed E-state index contributed by atoms with van der Waals surface area (Å²) in [5.74, 6) is -1.66. The highest BCUT2D eigenvalue weighted by Gasteiger charge is 2.33. The highest BCUT2D eigenvalue weighted by Crippen LogP contribution is 2.34. The number of esters is 1. The number of ether oxygens (including phenoxy) is 1. The Morgan fingerprint density at radius 1 is 1.31 bits per heavy atom. The van der Waals surface area contributed by atoms with Gasteiger partial charge in [-0.1, -0.05) is 0 Å². The molecule has 1 aromatic heterocycles. The first kappa shape index (κ1) is 19.4. The van der Waals surface area contributed by atoms with Crippen LogP contribution in [0.4, 0.5) is 24.5 Å². The van der Waals surface area contributed by atoms with E-state index in [1.54, 1.807) is 18.4 Å². The van der Waals surface area contributed by atoms with Gasteiger partial charge >= 0.3 is 12.1 Å². The van der Waals surface area contributed by atoms with Crippen molar-refractivity contribution in [3.63, 3.8) is 0 Å². The first-order valence-corrected chi connectivity index (χ1v) is 7.84. The predicted molar refractivity (Wildman–Crippen MR) is 86.1 cm³/mol. The number of benzene rings is 1. The molecule has 26 heavy (non-hydrogen) atoms. The number of thiophene rings is 1. The fourth-order valence-electron chi connectivity index (χ4n) is 1.93. The maximum Gasteiger partial charge on any atom is 0.416 e. The molecule has 1 aromatic carbocycles. The minimum Gasteiger partial charge on any atom is -0.451 e. The first-order valence-electron chi connectivity index (χ1n) is 6.96. The van der Waals surface area contributed by atoms with Crippen LogP contribution in [0, 0.1) is 17.0 Å². The number of carbonyl (C=O) groups is 2. The number of hydrogen-bond donors (Lipinski definition) is 1. The van der Waals surface area contributed by atoms with Gasteiger partial charge in [0.15, 0.2) is 6.61 Å². The molecule has 7 nitrogen and oxygen atoms in total. The number of aryl methyl sites for hydroxylation is 1. The summed E-state index contributed by atoms with van der Waals surface area (Å²) >= 11 is 1.12. The van der Waals surface area contributed by atoms with Gasteiger partial charge in [-0.25, -0.2) is 4.79 Å². The van der Waals surface area contributed by atoms with Crippen LogP contribution in [0.1, 0.15) is 20.8 Å². The minimum absolute atomic E-state index is 0.304. The number of amides is 1. The van der Waals surface area contributed by atoms with Gasteiger partial charge in [-0.15, -0.1) is 11.3 Å². The van der Waals surface area contributed by atoms with Gasteiger partial charge in [-0.2, -0.15) is 13.2 Å². The molecule has 0 saturated heterocycles. The third-order valence-electron chi connectivity index (χ3n) is 3.18. The van der Waals surface area contributed by atoms with Crippen molar-refractivity contribution < 1.29 is 32.4 Å². The topological polar surface area (TPSA) is 98.5 Å². The average Bonchev–Trinajstić information content (AvgIpc) is 2.98. The van der Waals surface area contributed by atoms with Gasteiger partial charge in [0, 0.05) is 6.07 Å². The third kappa shape index (κ3) is 4.57. The number of anilines is 1. The predicted octanol–water partition coefficient (Wildman–Crippen LogP) is 3.78. The van der Waals surface area contributed by atoms with Crippen molar-refractivity contribution in [3.05, 3.63) is 55.8 Å². The van der Waals surface area contributed by atoms with Crippen LogP contribution >= 0.6 is 11.3 Å². The number of halogens is 3. The Morgan fingerprint density at radius 2 is 2.00 bits per heavy atom. The summed E-state index contributed by atoms with van der Waals surface area (Å²) in [6.07, 6.45) is -4.76. The van der Waals surface area contributed by atoms with Crippen LogP contribution in [0.2, 0.25) is 0 Å². The fraction of sp³-hybridized carbons (Fsp3) is 0.200. The second-order valence-electron chi connectivity index (χ2n) is 5.04. The molecule has 1 N–H and O–H groups in total. The summed E-state index contributed by atoms with van der Waals surface area (Å²) in [7, 11) is 0. The zero-order valence-electron chi connectivity index (χ0n) is 13.1. The summed E-state index contributed by atoms with van der Waals surface area (Å²) in [5.41, 5.74) is -1.91. The smallest absolute Gasteiger partial charge is 0.416 e. The molecule has 0 bridgehead atoms. The molecule has 138 valence electrons. The van der Waals surface area contributed by atoms with E-state index in [1.807, 2.05) is 0 Å². The molecular formula is C15H11F3N2O5S. The van der Waals surface area contributed by atoms with E-state index in [0.717, 1.165) is 17.4 Å². The number of alkyl halides is 3. The van der Waals surface area contributed by atoms with Crippen LogP contribution in [0.15, 0.2) is 29.6 Å².